The Morgan fingerprint density at radius 1 is 1.31 bits per heavy atom. The van der Waals surface area contributed by atoms with Crippen molar-refractivity contribution in [2.24, 2.45) is 11.3 Å². The summed E-state index contributed by atoms with van der Waals surface area (Å²) in [5.41, 5.74) is 3.44. The van der Waals surface area contributed by atoms with Gasteiger partial charge in [-0.05, 0) is 75.4 Å². The zero-order valence-electron chi connectivity index (χ0n) is 16.5. The first kappa shape index (κ1) is 18.0. The smallest absolute Gasteiger partial charge is 0.219 e. The fourth-order valence-electron chi connectivity index (χ4n) is 5.58. The average molecular weight is 355 g/mol. The minimum absolute atomic E-state index is 0.290. The number of allylic oxidation sites excluding steroid dienone is 5. The monoisotopic (exact) mass is 354 g/mol. The van der Waals surface area contributed by atoms with Crippen molar-refractivity contribution in [1.29, 1.82) is 0 Å². The number of nitrogens with one attached hydrogen (secondary N) is 1. The number of carbonyl (C=O) groups excluding carboxylic acids is 1. The minimum atomic E-state index is 0.290. The molecule has 3 heteroatoms. The van der Waals surface area contributed by atoms with Gasteiger partial charge in [0.1, 0.15) is 0 Å². The molecule has 1 heterocycles. The van der Waals surface area contributed by atoms with E-state index in [4.69, 9.17) is 0 Å². The Kier molecular flexibility index (Phi) is 5.09. The van der Waals surface area contributed by atoms with Gasteiger partial charge in [0.2, 0.25) is 5.91 Å². The van der Waals surface area contributed by atoms with Crippen molar-refractivity contribution in [2.75, 3.05) is 13.1 Å². The molecule has 2 atom stereocenters. The van der Waals surface area contributed by atoms with Crippen LogP contribution < -0.4 is 5.32 Å². The van der Waals surface area contributed by atoms with Gasteiger partial charge >= 0.3 is 0 Å². The molecular formula is C23H34N2O. The van der Waals surface area contributed by atoms with Gasteiger partial charge in [-0.1, -0.05) is 36.8 Å². The highest BCUT2D eigenvalue weighted by Gasteiger charge is 2.53. The largest absolute Gasteiger partial charge is 0.336 e. The molecule has 1 aliphatic heterocycles. The van der Waals surface area contributed by atoms with Crippen LogP contribution in [0.25, 0.3) is 0 Å². The highest BCUT2D eigenvalue weighted by atomic mass is 16.2. The molecule has 1 amide bonds. The van der Waals surface area contributed by atoms with Crippen molar-refractivity contribution in [2.45, 2.75) is 77.3 Å². The SMILES string of the molecule is CC/C(=C\C1=CCCC=C1)[C@@H]1CC1N(C(C)=O)C1CC2(CCNCC2)C1. The van der Waals surface area contributed by atoms with E-state index in [0.717, 1.165) is 25.9 Å². The van der Waals surface area contributed by atoms with Crippen LogP contribution in [-0.2, 0) is 4.79 Å². The number of carbonyl (C=O) groups is 1. The van der Waals surface area contributed by atoms with E-state index in [9.17, 15) is 4.79 Å². The van der Waals surface area contributed by atoms with Gasteiger partial charge in [0.25, 0.3) is 0 Å². The standard InChI is InChI=1S/C23H34N2O/c1-3-19(13-18-7-5-4-6-8-18)21-14-22(21)25(17(2)26)20-15-23(16-20)9-11-24-12-10-23/h5,7-8,13,20-22,24H,3-4,6,9-12,14-16H2,1-2H3/b19-13+/t21-,22?/m0/s1. The molecule has 0 radical (unpaired) electrons. The van der Waals surface area contributed by atoms with Gasteiger partial charge in [-0.15, -0.1) is 0 Å². The number of amides is 1. The zero-order chi connectivity index (χ0) is 18.1. The number of hydrogen-bond donors (Lipinski definition) is 1. The molecule has 1 saturated heterocycles. The first-order chi connectivity index (χ1) is 12.6. The summed E-state index contributed by atoms with van der Waals surface area (Å²) in [4.78, 5) is 14.7. The van der Waals surface area contributed by atoms with Gasteiger partial charge in [0.15, 0.2) is 0 Å². The molecule has 26 heavy (non-hydrogen) atoms. The van der Waals surface area contributed by atoms with Crippen LogP contribution in [0.3, 0.4) is 0 Å². The van der Waals surface area contributed by atoms with E-state index in [0.29, 0.717) is 29.3 Å². The second-order valence-electron chi connectivity index (χ2n) is 8.90. The van der Waals surface area contributed by atoms with Crippen LogP contribution in [0.2, 0.25) is 0 Å². The zero-order valence-corrected chi connectivity index (χ0v) is 16.5. The van der Waals surface area contributed by atoms with E-state index in [2.05, 4.69) is 41.4 Å². The maximum atomic E-state index is 12.4. The Bertz CT molecular complexity index is 631. The molecule has 0 bridgehead atoms. The van der Waals surface area contributed by atoms with Crippen LogP contribution in [0.1, 0.15) is 65.2 Å². The number of hydrogen-bond acceptors (Lipinski definition) is 2. The minimum Gasteiger partial charge on any atom is -0.336 e. The first-order valence-electron chi connectivity index (χ1n) is 10.7. The number of rotatable bonds is 5. The van der Waals surface area contributed by atoms with Crippen LogP contribution in [0.15, 0.2) is 35.5 Å². The summed E-state index contributed by atoms with van der Waals surface area (Å²) in [6.07, 6.45) is 18.9. The van der Waals surface area contributed by atoms with Crippen LogP contribution >= 0.6 is 0 Å². The second-order valence-corrected chi connectivity index (χ2v) is 8.90. The van der Waals surface area contributed by atoms with Crippen LogP contribution in [0, 0.1) is 11.3 Å². The summed E-state index contributed by atoms with van der Waals surface area (Å²) in [7, 11) is 0. The molecule has 0 aromatic heterocycles. The predicted octanol–water partition coefficient (Wildman–Crippen LogP) is 4.37. The van der Waals surface area contributed by atoms with E-state index < -0.39 is 0 Å². The summed E-state index contributed by atoms with van der Waals surface area (Å²) in [5.74, 6) is 0.878. The third kappa shape index (κ3) is 3.55. The Morgan fingerprint density at radius 2 is 2.08 bits per heavy atom. The summed E-state index contributed by atoms with van der Waals surface area (Å²) in [6.45, 7) is 6.36. The molecule has 4 aliphatic rings. The van der Waals surface area contributed by atoms with E-state index in [-0.39, 0.29) is 0 Å². The summed E-state index contributed by atoms with van der Waals surface area (Å²) >= 11 is 0. The van der Waals surface area contributed by atoms with Crippen LogP contribution in [0.4, 0.5) is 0 Å². The fraction of sp³-hybridized carbons (Fsp3) is 0.696. The molecule has 1 unspecified atom stereocenters. The lowest BCUT2D eigenvalue weighted by Crippen LogP contribution is -2.56. The topological polar surface area (TPSA) is 32.3 Å². The lowest BCUT2D eigenvalue weighted by molar-refractivity contribution is -0.138. The quantitative estimate of drug-likeness (QED) is 0.795. The van der Waals surface area contributed by atoms with E-state index in [1.165, 1.54) is 49.7 Å². The van der Waals surface area contributed by atoms with E-state index in [1.54, 1.807) is 6.92 Å². The van der Waals surface area contributed by atoms with E-state index in [1.807, 2.05) is 0 Å². The molecular weight excluding hydrogens is 320 g/mol. The lowest BCUT2D eigenvalue weighted by atomic mass is 9.60. The molecule has 0 aromatic carbocycles. The second kappa shape index (κ2) is 7.34. The summed E-state index contributed by atoms with van der Waals surface area (Å²) in [6, 6.07) is 0.948. The van der Waals surface area contributed by atoms with Crippen molar-refractivity contribution in [3.63, 3.8) is 0 Å². The number of piperidine rings is 1. The first-order valence-corrected chi connectivity index (χ1v) is 10.7. The van der Waals surface area contributed by atoms with Gasteiger partial charge in [-0.25, -0.2) is 0 Å². The molecule has 3 nitrogen and oxygen atoms in total. The molecule has 2 saturated carbocycles. The molecule has 142 valence electrons. The predicted molar refractivity (Wildman–Crippen MR) is 107 cm³/mol. The molecule has 1 N–H and O–H groups in total. The maximum Gasteiger partial charge on any atom is 0.219 e. The van der Waals surface area contributed by atoms with Crippen LogP contribution in [0.5, 0.6) is 0 Å². The van der Waals surface area contributed by atoms with Crippen LogP contribution in [-0.4, -0.2) is 36.0 Å². The molecule has 1 spiro atoms. The normalized spacial score (nSPS) is 30.7. The highest BCUT2D eigenvalue weighted by Crippen LogP contribution is 2.53. The van der Waals surface area contributed by atoms with Gasteiger partial charge in [-0.2, -0.15) is 0 Å². The Balaban J connectivity index is 1.41. The summed E-state index contributed by atoms with van der Waals surface area (Å²) < 4.78 is 0. The molecule has 3 fully saturated rings. The summed E-state index contributed by atoms with van der Waals surface area (Å²) in [5, 5.41) is 3.48. The lowest BCUT2D eigenvalue weighted by Gasteiger charge is -2.54. The van der Waals surface area contributed by atoms with Gasteiger partial charge in [0.05, 0.1) is 0 Å². The molecule has 0 aromatic rings. The van der Waals surface area contributed by atoms with Crippen molar-refractivity contribution < 1.29 is 4.79 Å². The van der Waals surface area contributed by atoms with Gasteiger partial charge in [-0.3, -0.25) is 4.79 Å². The van der Waals surface area contributed by atoms with Gasteiger partial charge < -0.3 is 10.2 Å². The molecule has 4 rings (SSSR count). The van der Waals surface area contributed by atoms with E-state index >= 15 is 0 Å². The fourth-order valence-corrected chi connectivity index (χ4v) is 5.58. The van der Waals surface area contributed by atoms with Crippen molar-refractivity contribution in [3.05, 3.63) is 35.5 Å². The molecule has 3 aliphatic carbocycles. The third-order valence-corrected chi connectivity index (χ3v) is 7.13. The van der Waals surface area contributed by atoms with Crippen molar-refractivity contribution in [3.8, 4) is 0 Å². The Labute approximate surface area is 158 Å². The Hall–Kier alpha value is -1.35. The Morgan fingerprint density at radius 3 is 2.69 bits per heavy atom. The van der Waals surface area contributed by atoms with Gasteiger partial charge in [0, 0.05) is 24.9 Å². The average Bonchev–Trinajstić information content (AvgIpc) is 3.40. The number of nitrogens with zero attached hydrogens (tertiary/aromatic N) is 1. The van der Waals surface area contributed by atoms with Crippen molar-refractivity contribution >= 4 is 5.91 Å². The third-order valence-electron chi connectivity index (χ3n) is 7.13. The van der Waals surface area contributed by atoms with Crippen molar-refractivity contribution in [1.82, 2.24) is 10.2 Å². The maximum absolute atomic E-state index is 12.4. The highest BCUT2D eigenvalue weighted by molar-refractivity contribution is 5.75.